The van der Waals surface area contributed by atoms with E-state index in [1.165, 1.54) is 10.4 Å². The van der Waals surface area contributed by atoms with E-state index in [4.69, 9.17) is 0 Å². The minimum Gasteiger partial charge on any atom is -0.297 e. The van der Waals surface area contributed by atoms with Gasteiger partial charge in [-0.05, 0) is 36.1 Å². The van der Waals surface area contributed by atoms with Gasteiger partial charge in [-0.2, -0.15) is 0 Å². The zero-order chi connectivity index (χ0) is 14.5. The van der Waals surface area contributed by atoms with E-state index >= 15 is 0 Å². The maximum Gasteiger partial charge on any atom is 0.0676 e. The highest BCUT2D eigenvalue weighted by molar-refractivity contribution is 7.10. The monoisotopic (exact) mass is 294 g/mol. The third kappa shape index (κ3) is 3.38. The molecule has 0 amide bonds. The van der Waals surface area contributed by atoms with Crippen LogP contribution in [-0.2, 0) is 0 Å². The molecule has 0 aliphatic carbocycles. The summed E-state index contributed by atoms with van der Waals surface area (Å²) in [5.41, 5.74) is 2.35. The first kappa shape index (κ1) is 14.0. The Morgan fingerprint density at radius 2 is 1.76 bits per heavy atom. The van der Waals surface area contributed by atoms with Crippen molar-refractivity contribution >= 4 is 11.3 Å². The molecule has 21 heavy (non-hydrogen) atoms. The van der Waals surface area contributed by atoms with Crippen LogP contribution in [0.4, 0.5) is 0 Å². The van der Waals surface area contributed by atoms with Crippen molar-refractivity contribution in [3.8, 4) is 0 Å². The molecule has 1 N–H and O–H groups in total. The average molecular weight is 294 g/mol. The van der Waals surface area contributed by atoms with Gasteiger partial charge in [-0.1, -0.05) is 42.5 Å². The van der Waals surface area contributed by atoms with Crippen LogP contribution in [0.15, 0.2) is 72.2 Å². The number of rotatable bonds is 5. The van der Waals surface area contributed by atoms with Crippen LogP contribution in [0.25, 0.3) is 0 Å². The van der Waals surface area contributed by atoms with E-state index in [0.717, 1.165) is 5.69 Å². The lowest BCUT2D eigenvalue weighted by Crippen LogP contribution is -2.25. The topological polar surface area (TPSA) is 24.9 Å². The number of pyridine rings is 1. The maximum absolute atomic E-state index is 4.45. The van der Waals surface area contributed by atoms with Crippen molar-refractivity contribution in [1.82, 2.24) is 10.3 Å². The molecule has 2 heterocycles. The highest BCUT2D eigenvalue weighted by Gasteiger charge is 2.18. The Labute approximate surface area is 129 Å². The van der Waals surface area contributed by atoms with E-state index in [-0.39, 0.29) is 12.1 Å². The fourth-order valence-corrected chi connectivity index (χ4v) is 3.22. The van der Waals surface area contributed by atoms with E-state index in [0.29, 0.717) is 0 Å². The molecule has 0 aliphatic heterocycles. The fraction of sp³-hybridized carbons (Fsp3) is 0.167. The zero-order valence-corrected chi connectivity index (χ0v) is 12.8. The molecule has 0 bridgehead atoms. The molecule has 2 unspecified atom stereocenters. The molecule has 0 spiro atoms. The molecule has 0 aliphatic rings. The van der Waals surface area contributed by atoms with Crippen LogP contribution in [-0.4, -0.2) is 4.98 Å². The number of thiophene rings is 1. The Bertz CT molecular complexity index is 650. The van der Waals surface area contributed by atoms with Crippen molar-refractivity contribution in [3.05, 3.63) is 88.4 Å². The SMILES string of the molecule is CC(NC(c1ccccc1)c1cccs1)c1ccccn1. The molecular weight excluding hydrogens is 276 g/mol. The second kappa shape index (κ2) is 6.66. The van der Waals surface area contributed by atoms with Crippen LogP contribution in [0.5, 0.6) is 0 Å². The summed E-state index contributed by atoms with van der Waals surface area (Å²) >= 11 is 1.78. The average Bonchev–Trinajstić information content (AvgIpc) is 3.08. The third-order valence-corrected chi connectivity index (χ3v) is 4.45. The molecule has 3 rings (SSSR count). The Morgan fingerprint density at radius 1 is 0.952 bits per heavy atom. The highest BCUT2D eigenvalue weighted by Crippen LogP contribution is 2.28. The van der Waals surface area contributed by atoms with Gasteiger partial charge in [-0.3, -0.25) is 10.3 Å². The number of nitrogens with one attached hydrogen (secondary N) is 1. The second-order valence-electron chi connectivity index (χ2n) is 5.00. The normalized spacial score (nSPS) is 13.8. The lowest BCUT2D eigenvalue weighted by Gasteiger charge is -2.22. The Balaban J connectivity index is 1.87. The van der Waals surface area contributed by atoms with Crippen LogP contribution in [0.3, 0.4) is 0 Å². The summed E-state index contributed by atoms with van der Waals surface area (Å²) in [5.74, 6) is 0. The molecule has 2 nitrogen and oxygen atoms in total. The maximum atomic E-state index is 4.45. The van der Waals surface area contributed by atoms with Crippen molar-refractivity contribution in [2.24, 2.45) is 0 Å². The Kier molecular flexibility index (Phi) is 4.43. The van der Waals surface area contributed by atoms with E-state index in [2.05, 4.69) is 71.1 Å². The van der Waals surface area contributed by atoms with E-state index in [9.17, 15) is 0 Å². The van der Waals surface area contributed by atoms with Gasteiger partial charge in [0.2, 0.25) is 0 Å². The van der Waals surface area contributed by atoms with Crippen LogP contribution in [0, 0.1) is 0 Å². The summed E-state index contributed by atoms with van der Waals surface area (Å²) in [6, 6.07) is 21.3. The second-order valence-corrected chi connectivity index (χ2v) is 5.98. The van der Waals surface area contributed by atoms with Gasteiger partial charge >= 0.3 is 0 Å². The molecular formula is C18H18N2S. The fourth-order valence-electron chi connectivity index (χ4n) is 2.41. The van der Waals surface area contributed by atoms with Gasteiger partial charge in [0.15, 0.2) is 0 Å². The number of hydrogen-bond donors (Lipinski definition) is 1. The largest absolute Gasteiger partial charge is 0.297 e. The van der Waals surface area contributed by atoms with Crippen molar-refractivity contribution in [2.75, 3.05) is 0 Å². The lowest BCUT2D eigenvalue weighted by atomic mass is 10.0. The number of aromatic nitrogens is 1. The summed E-state index contributed by atoms with van der Waals surface area (Å²) in [5, 5.41) is 5.82. The molecule has 1 aromatic carbocycles. The zero-order valence-electron chi connectivity index (χ0n) is 11.9. The van der Waals surface area contributed by atoms with Gasteiger partial charge in [0.25, 0.3) is 0 Å². The van der Waals surface area contributed by atoms with Gasteiger partial charge in [-0.25, -0.2) is 0 Å². The molecule has 0 fully saturated rings. The first-order chi connectivity index (χ1) is 10.3. The van der Waals surface area contributed by atoms with Crippen LogP contribution in [0.2, 0.25) is 0 Å². The summed E-state index contributed by atoms with van der Waals surface area (Å²) in [6.45, 7) is 2.16. The quantitative estimate of drug-likeness (QED) is 0.745. The van der Waals surface area contributed by atoms with Crippen LogP contribution in [0.1, 0.15) is 35.1 Å². The van der Waals surface area contributed by atoms with Gasteiger partial charge in [0.05, 0.1) is 11.7 Å². The molecule has 0 saturated heterocycles. The minimum absolute atomic E-state index is 0.193. The van der Waals surface area contributed by atoms with Crippen LogP contribution >= 0.6 is 11.3 Å². The molecule has 2 aromatic heterocycles. The van der Waals surface area contributed by atoms with E-state index in [1.54, 1.807) is 11.3 Å². The summed E-state index contributed by atoms with van der Waals surface area (Å²) < 4.78 is 0. The van der Waals surface area contributed by atoms with Gasteiger partial charge < -0.3 is 0 Å². The molecule has 0 saturated carbocycles. The smallest absolute Gasteiger partial charge is 0.0676 e. The lowest BCUT2D eigenvalue weighted by molar-refractivity contribution is 0.512. The van der Waals surface area contributed by atoms with Crippen molar-refractivity contribution in [3.63, 3.8) is 0 Å². The number of nitrogens with zero attached hydrogens (tertiary/aromatic N) is 1. The molecule has 106 valence electrons. The Morgan fingerprint density at radius 3 is 2.43 bits per heavy atom. The van der Waals surface area contributed by atoms with Gasteiger partial charge in [-0.15, -0.1) is 11.3 Å². The molecule has 0 radical (unpaired) electrons. The minimum atomic E-state index is 0.193. The van der Waals surface area contributed by atoms with Crippen molar-refractivity contribution in [1.29, 1.82) is 0 Å². The van der Waals surface area contributed by atoms with Gasteiger partial charge in [0.1, 0.15) is 0 Å². The highest BCUT2D eigenvalue weighted by atomic mass is 32.1. The van der Waals surface area contributed by atoms with Crippen molar-refractivity contribution < 1.29 is 0 Å². The predicted molar refractivity (Wildman–Crippen MR) is 88.4 cm³/mol. The van der Waals surface area contributed by atoms with Crippen LogP contribution < -0.4 is 5.32 Å². The van der Waals surface area contributed by atoms with E-state index in [1.807, 2.05) is 18.3 Å². The standard InChI is InChI=1S/C18H18N2S/c1-14(16-10-5-6-12-19-16)20-18(17-11-7-13-21-17)15-8-3-2-4-9-15/h2-14,18,20H,1H3. The number of benzene rings is 1. The summed E-state index contributed by atoms with van der Waals surface area (Å²) in [7, 11) is 0. The molecule has 3 heteroatoms. The van der Waals surface area contributed by atoms with E-state index < -0.39 is 0 Å². The molecule has 2 atom stereocenters. The third-order valence-electron chi connectivity index (χ3n) is 3.51. The first-order valence-electron chi connectivity index (χ1n) is 7.10. The summed E-state index contributed by atoms with van der Waals surface area (Å²) in [6.07, 6.45) is 1.84. The summed E-state index contributed by atoms with van der Waals surface area (Å²) in [4.78, 5) is 5.77. The van der Waals surface area contributed by atoms with Crippen molar-refractivity contribution in [2.45, 2.75) is 19.0 Å². The van der Waals surface area contributed by atoms with Gasteiger partial charge in [0, 0.05) is 17.1 Å². The molecule has 3 aromatic rings. The number of hydrogen-bond acceptors (Lipinski definition) is 3. The first-order valence-corrected chi connectivity index (χ1v) is 7.98. The Hall–Kier alpha value is -1.97. The predicted octanol–water partition coefficient (Wildman–Crippen LogP) is 4.58.